The van der Waals surface area contributed by atoms with Gasteiger partial charge in [0.2, 0.25) is 6.10 Å². The first-order valence-corrected chi connectivity index (χ1v) is 9.13. The molecule has 5 nitrogen and oxygen atoms in total. The van der Waals surface area contributed by atoms with Gasteiger partial charge >= 0.3 is 0 Å². The first-order valence-electron chi connectivity index (χ1n) is 8.31. The highest BCUT2D eigenvalue weighted by Crippen LogP contribution is 2.30. The highest BCUT2D eigenvalue weighted by Gasteiger charge is 2.33. The summed E-state index contributed by atoms with van der Waals surface area (Å²) >= 11 is 1.47. The van der Waals surface area contributed by atoms with Crippen molar-refractivity contribution in [3.8, 4) is 0 Å². The number of para-hydroxylation sites is 1. The molecule has 1 amide bonds. The summed E-state index contributed by atoms with van der Waals surface area (Å²) in [4.78, 5) is 24.4. The molecular weight excluding hydrogens is 353 g/mol. The first-order chi connectivity index (χ1) is 12.7. The number of benzene rings is 2. The maximum atomic E-state index is 13.4. The lowest BCUT2D eigenvalue weighted by Gasteiger charge is -2.20. The Bertz CT molecular complexity index is 968. The molecule has 0 saturated heterocycles. The molecule has 1 aromatic heterocycles. The number of carbonyl (C=O) groups excluding carboxylic acids is 1. The molecule has 0 radical (unpaired) electrons. The highest BCUT2D eigenvalue weighted by atomic mass is 32.1. The average Bonchev–Trinajstić information content (AvgIpc) is 3.29. The van der Waals surface area contributed by atoms with Gasteiger partial charge in [-0.05, 0) is 31.2 Å². The van der Waals surface area contributed by atoms with Gasteiger partial charge in [-0.3, -0.25) is 9.69 Å². The number of hydrogen-bond acceptors (Lipinski definition) is 5. The Balaban J connectivity index is 1.53. The summed E-state index contributed by atoms with van der Waals surface area (Å²) in [6, 6.07) is 13.9. The highest BCUT2D eigenvalue weighted by molar-refractivity contribution is 7.22. The summed E-state index contributed by atoms with van der Waals surface area (Å²) < 4.78 is 14.4. The molecule has 0 saturated carbocycles. The lowest BCUT2D eigenvalue weighted by Crippen LogP contribution is -2.39. The van der Waals surface area contributed by atoms with Crippen LogP contribution in [0.25, 0.3) is 10.2 Å². The third kappa shape index (κ3) is 3.06. The molecular formula is C19H16FN3O2S. The van der Waals surface area contributed by atoms with Crippen molar-refractivity contribution in [2.45, 2.75) is 19.4 Å². The van der Waals surface area contributed by atoms with Gasteiger partial charge in [0, 0.05) is 18.5 Å². The van der Waals surface area contributed by atoms with Gasteiger partial charge in [-0.25, -0.2) is 9.37 Å². The fourth-order valence-corrected chi connectivity index (χ4v) is 3.92. The van der Waals surface area contributed by atoms with Crippen LogP contribution in [0, 0.1) is 5.82 Å². The molecule has 2 aromatic carbocycles. The monoisotopic (exact) mass is 369 g/mol. The maximum Gasteiger partial charge on any atom is 0.273 e. The number of likely N-dealkylation sites (N-methyl/N-ethyl adjacent to an activating group) is 1. The van der Waals surface area contributed by atoms with Crippen molar-refractivity contribution < 1.29 is 14.0 Å². The van der Waals surface area contributed by atoms with Crippen LogP contribution >= 0.6 is 11.3 Å². The van der Waals surface area contributed by atoms with Crippen LogP contribution in [0.1, 0.15) is 18.9 Å². The van der Waals surface area contributed by atoms with Crippen LogP contribution in [0.15, 0.2) is 53.7 Å². The second-order valence-electron chi connectivity index (χ2n) is 5.89. The van der Waals surface area contributed by atoms with Crippen molar-refractivity contribution in [1.82, 2.24) is 4.98 Å². The van der Waals surface area contributed by atoms with E-state index in [4.69, 9.17) is 4.84 Å². The van der Waals surface area contributed by atoms with Crippen molar-refractivity contribution in [3.63, 3.8) is 0 Å². The Morgan fingerprint density at radius 2 is 2.15 bits per heavy atom. The Morgan fingerprint density at radius 3 is 2.92 bits per heavy atom. The summed E-state index contributed by atoms with van der Waals surface area (Å²) in [5.74, 6) is -0.536. The Morgan fingerprint density at radius 1 is 1.31 bits per heavy atom. The quantitative estimate of drug-likeness (QED) is 0.699. The van der Waals surface area contributed by atoms with Crippen molar-refractivity contribution >= 4 is 38.3 Å². The summed E-state index contributed by atoms with van der Waals surface area (Å²) in [6.45, 7) is 2.38. The van der Waals surface area contributed by atoms with E-state index in [2.05, 4.69) is 10.1 Å². The number of aromatic nitrogens is 1. The molecule has 2 heterocycles. The third-order valence-corrected chi connectivity index (χ3v) is 5.26. The van der Waals surface area contributed by atoms with Gasteiger partial charge in [-0.2, -0.15) is 0 Å². The molecule has 132 valence electrons. The van der Waals surface area contributed by atoms with Gasteiger partial charge in [0.15, 0.2) is 5.13 Å². The van der Waals surface area contributed by atoms with Crippen molar-refractivity contribution in [3.05, 3.63) is 59.9 Å². The topological polar surface area (TPSA) is 54.8 Å². The number of halogens is 1. The third-order valence-electron chi connectivity index (χ3n) is 4.20. The van der Waals surface area contributed by atoms with E-state index in [0.29, 0.717) is 29.4 Å². The average molecular weight is 369 g/mol. The molecule has 0 aliphatic carbocycles. The van der Waals surface area contributed by atoms with Crippen molar-refractivity contribution in [2.75, 3.05) is 11.4 Å². The number of rotatable bonds is 4. The Labute approximate surface area is 153 Å². The molecule has 1 unspecified atom stereocenters. The van der Waals surface area contributed by atoms with Crippen LogP contribution in [0.4, 0.5) is 9.52 Å². The zero-order chi connectivity index (χ0) is 18.1. The number of amides is 1. The number of carbonyl (C=O) groups is 1. The van der Waals surface area contributed by atoms with Gasteiger partial charge in [0.1, 0.15) is 5.82 Å². The van der Waals surface area contributed by atoms with E-state index < -0.39 is 6.10 Å². The molecule has 1 aliphatic rings. The molecule has 0 fully saturated rings. The van der Waals surface area contributed by atoms with Gasteiger partial charge in [0.25, 0.3) is 5.91 Å². The molecule has 1 atom stereocenters. The fraction of sp³-hybridized carbons (Fsp3) is 0.211. The van der Waals surface area contributed by atoms with Crippen LogP contribution in [-0.2, 0) is 9.63 Å². The number of oxime groups is 1. The van der Waals surface area contributed by atoms with Crippen LogP contribution < -0.4 is 4.90 Å². The van der Waals surface area contributed by atoms with E-state index >= 15 is 0 Å². The Kier molecular flexibility index (Phi) is 4.38. The van der Waals surface area contributed by atoms with E-state index in [1.165, 1.54) is 23.5 Å². The molecule has 7 heteroatoms. The second kappa shape index (κ2) is 6.84. The molecule has 1 aliphatic heterocycles. The van der Waals surface area contributed by atoms with E-state index in [0.717, 1.165) is 10.2 Å². The summed E-state index contributed by atoms with van der Waals surface area (Å²) in [5, 5.41) is 4.63. The number of anilines is 1. The Hall–Kier alpha value is -2.80. The standard InChI is InChI=1S/C19H16FN3O2S/c1-2-23(19-21-14-8-3-4-9-17(14)26-19)18(24)16-11-15(22-25-16)12-6-5-7-13(20)10-12/h3-10,16H,2,11H2,1H3. The molecule has 0 N–H and O–H groups in total. The van der Waals surface area contributed by atoms with E-state index in [9.17, 15) is 9.18 Å². The summed E-state index contributed by atoms with van der Waals surface area (Å²) in [5.41, 5.74) is 2.06. The largest absolute Gasteiger partial charge is 0.382 e. The van der Waals surface area contributed by atoms with Gasteiger partial charge in [0.05, 0.1) is 15.9 Å². The van der Waals surface area contributed by atoms with Crippen molar-refractivity contribution in [2.24, 2.45) is 5.16 Å². The number of hydrogen-bond donors (Lipinski definition) is 0. The lowest BCUT2D eigenvalue weighted by molar-refractivity contribution is -0.128. The van der Waals surface area contributed by atoms with Gasteiger partial charge < -0.3 is 4.84 Å². The summed E-state index contributed by atoms with van der Waals surface area (Å²) in [6.07, 6.45) is -0.413. The van der Waals surface area contributed by atoms with Crippen LogP contribution in [0.2, 0.25) is 0 Å². The first kappa shape index (κ1) is 16.7. The predicted molar refractivity (Wildman–Crippen MR) is 100 cm³/mol. The zero-order valence-electron chi connectivity index (χ0n) is 14.1. The lowest BCUT2D eigenvalue weighted by atomic mass is 10.0. The minimum Gasteiger partial charge on any atom is -0.382 e. The minimum absolute atomic E-state index is 0.193. The molecule has 3 aromatic rings. The fourth-order valence-electron chi connectivity index (χ4n) is 2.88. The molecule has 0 spiro atoms. The van der Waals surface area contributed by atoms with Crippen LogP contribution in [0.3, 0.4) is 0 Å². The molecule has 4 rings (SSSR count). The second-order valence-corrected chi connectivity index (χ2v) is 6.90. The number of thiazole rings is 1. The maximum absolute atomic E-state index is 13.4. The van der Waals surface area contributed by atoms with Crippen LogP contribution in [-0.4, -0.2) is 29.3 Å². The number of fused-ring (bicyclic) bond motifs is 1. The normalized spacial score (nSPS) is 16.4. The summed E-state index contributed by atoms with van der Waals surface area (Å²) in [7, 11) is 0. The van der Waals surface area contributed by atoms with Gasteiger partial charge in [-0.1, -0.05) is 40.8 Å². The van der Waals surface area contributed by atoms with E-state index in [-0.39, 0.29) is 11.7 Å². The molecule has 26 heavy (non-hydrogen) atoms. The molecule has 0 bridgehead atoms. The smallest absolute Gasteiger partial charge is 0.273 e. The van der Waals surface area contributed by atoms with Gasteiger partial charge in [-0.15, -0.1) is 0 Å². The van der Waals surface area contributed by atoms with Crippen molar-refractivity contribution in [1.29, 1.82) is 0 Å². The predicted octanol–water partition coefficient (Wildman–Crippen LogP) is 3.98. The zero-order valence-corrected chi connectivity index (χ0v) is 14.9. The van der Waals surface area contributed by atoms with E-state index in [1.54, 1.807) is 17.0 Å². The number of nitrogens with zero attached hydrogens (tertiary/aromatic N) is 3. The SMILES string of the molecule is CCN(C(=O)C1CC(c2cccc(F)c2)=NO1)c1nc2ccccc2s1. The van der Waals surface area contributed by atoms with Crippen LogP contribution in [0.5, 0.6) is 0 Å². The minimum atomic E-state index is -0.722. The van der Waals surface area contributed by atoms with E-state index in [1.807, 2.05) is 31.2 Å².